The minimum absolute atomic E-state index is 0.0631. The first-order valence-electron chi connectivity index (χ1n) is 20.3. The highest BCUT2D eigenvalue weighted by Crippen LogP contribution is 2.19. The van der Waals surface area contributed by atoms with Crippen LogP contribution in [0.2, 0.25) is 0 Å². The number of aryl methyl sites for hydroxylation is 2. The molecule has 0 bridgehead atoms. The van der Waals surface area contributed by atoms with Crippen LogP contribution in [0.1, 0.15) is 103 Å². The summed E-state index contributed by atoms with van der Waals surface area (Å²) in [5.41, 5.74) is 1.93. The highest BCUT2D eigenvalue weighted by molar-refractivity contribution is 5.96. The lowest BCUT2D eigenvalue weighted by Crippen LogP contribution is -2.60. The third kappa shape index (κ3) is 15.9. The monoisotopic (exact) mass is 811 g/mol. The molecule has 0 spiro atoms. The Hall–Kier alpha value is -5.32. The van der Waals surface area contributed by atoms with Crippen molar-refractivity contribution in [3.05, 3.63) is 54.1 Å². The average molecular weight is 812 g/mol. The van der Waals surface area contributed by atoms with Gasteiger partial charge in [0.2, 0.25) is 29.5 Å². The van der Waals surface area contributed by atoms with Crippen molar-refractivity contribution in [3.63, 3.8) is 0 Å². The highest BCUT2D eigenvalue weighted by atomic mass is 16.4. The van der Waals surface area contributed by atoms with Crippen molar-refractivity contribution < 1.29 is 48.9 Å². The van der Waals surface area contributed by atoms with Crippen LogP contribution in [0.3, 0.4) is 0 Å². The zero-order valence-corrected chi connectivity index (χ0v) is 33.9. The summed E-state index contributed by atoms with van der Waals surface area (Å²) in [7, 11) is 0. The van der Waals surface area contributed by atoms with Gasteiger partial charge in [-0.15, -0.1) is 0 Å². The number of amides is 5. The van der Waals surface area contributed by atoms with E-state index in [1.54, 1.807) is 12.5 Å². The Bertz CT molecular complexity index is 1670. The number of unbranched alkanes of at least 4 members (excludes halogenated alkanes) is 5. The maximum absolute atomic E-state index is 14.0. The van der Waals surface area contributed by atoms with Gasteiger partial charge in [0.25, 0.3) is 0 Å². The van der Waals surface area contributed by atoms with Gasteiger partial charge in [-0.05, 0) is 56.4 Å². The van der Waals surface area contributed by atoms with E-state index in [9.17, 15) is 43.8 Å². The minimum atomic E-state index is -1.65. The molecule has 17 nitrogen and oxygen atoms in total. The van der Waals surface area contributed by atoms with Crippen molar-refractivity contribution in [2.45, 2.75) is 141 Å². The first-order valence-corrected chi connectivity index (χ1v) is 20.3. The molecule has 0 unspecified atom stereocenters. The molecule has 17 heteroatoms. The second kappa shape index (κ2) is 24.5. The van der Waals surface area contributed by atoms with E-state index in [-0.39, 0.29) is 24.7 Å². The molecule has 5 amide bonds. The molecular formula is C41H61N7O10. The fraction of sp³-hybridized carbons (Fsp3) is 0.610. The average Bonchev–Trinajstić information content (AvgIpc) is 3.86. The molecule has 7 N–H and O–H groups in total. The third-order valence-electron chi connectivity index (χ3n) is 10.2. The smallest absolute Gasteiger partial charge is 0.326 e. The number of aliphatic carboxylic acids is 2. The number of benzene rings is 1. The summed E-state index contributed by atoms with van der Waals surface area (Å²) in [6.07, 6.45) is 10.7. The summed E-state index contributed by atoms with van der Waals surface area (Å²) in [4.78, 5) is 95.0. The molecule has 2 heterocycles. The van der Waals surface area contributed by atoms with Crippen LogP contribution in [0.25, 0.3) is 0 Å². The predicted molar refractivity (Wildman–Crippen MR) is 213 cm³/mol. The number of nitrogens with zero attached hydrogens (tertiary/aromatic N) is 3. The third-order valence-corrected chi connectivity index (χ3v) is 10.2. The van der Waals surface area contributed by atoms with Crippen LogP contribution in [-0.4, -0.2) is 115 Å². The Morgan fingerprint density at radius 2 is 1.43 bits per heavy atom. The van der Waals surface area contributed by atoms with Gasteiger partial charge in [-0.2, -0.15) is 0 Å². The molecule has 0 radical (unpaired) electrons. The summed E-state index contributed by atoms with van der Waals surface area (Å²) < 4.78 is 1.88. The van der Waals surface area contributed by atoms with Crippen molar-refractivity contribution in [2.75, 3.05) is 13.2 Å². The number of hydrogen-bond acceptors (Lipinski definition) is 9. The maximum atomic E-state index is 14.0. The molecule has 3 rings (SSSR count). The largest absolute Gasteiger partial charge is 0.481 e. The van der Waals surface area contributed by atoms with Crippen LogP contribution in [0.4, 0.5) is 0 Å². The molecule has 1 aliphatic rings. The van der Waals surface area contributed by atoms with Crippen molar-refractivity contribution in [2.24, 2.45) is 5.92 Å². The lowest BCUT2D eigenvalue weighted by Gasteiger charge is -2.28. The first-order chi connectivity index (χ1) is 27.7. The van der Waals surface area contributed by atoms with Gasteiger partial charge < -0.3 is 46.1 Å². The van der Waals surface area contributed by atoms with Crippen molar-refractivity contribution >= 4 is 41.5 Å². The van der Waals surface area contributed by atoms with Gasteiger partial charge in [0.1, 0.15) is 30.2 Å². The van der Waals surface area contributed by atoms with E-state index in [0.717, 1.165) is 44.9 Å². The predicted octanol–water partition coefficient (Wildman–Crippen LogP) is 1.95. The molecule has 0 saturated carbocycles. The van der Waals surface area contributed by atoms with E-state index in [1.807, 2.05) is 36.6 Å². The fourth-order valence-corrected chi connectivity index (χ4v) is 7.02. The van der Waals surface area contributed by atoms with Gasteiger partial charge in [-0.3, -0.25) is 28.8 Å². The van der Waals surface area contributed by atoms with E-state index in [0.29, 0.717) is 31.6 Å². The van der Waals surface area contributed by atoms with Gasteiger partial charge in [0.05, 0.1) is 12.9 Å². The number of hydrogen-bond donors (Lipinski definition) is 7. The number of aliphatic hydroxyl groups excluding tert-OH is 1. The van der Waals surface area contributed by atoms with Crippen LogP contribution in [0.15, 0.2) is 42.9 Å². The first kappa shape index (κ1) is 47.1. The normalized spacial score (nSPS) is 15.9. The number of aromatic nitrogens is 2. The van der Waals surface area contributed by atoms with E-state index in [2.05, 4.69) is 38.4 Å². The van der Waals surface area contributed by atoms with E-state index >= 15 is 0 Å². The van der Waals surface area contributed by atoms with Gasteiger partial charge in [-0.25, -0.2) is 9.78 Å². The van der Waals surface area contributed by atoms with Gasteiger partial charge in [0, 0.05) is 44.7 Å². The molecule has 5 atom stereocenters. The number of nitrogens with one attached hydrogen (secondary N) is 4. The second-order valence-corrected chi connectivity index (χ2v) is 15.3. The maximum Gasteiger partial charge on any atom is 0.326 e. The number of likely N-dealkylation sites (tertiary alicyclic amines) is 1. The molecule has 320 valence electrons. The number of carbonyl (C=O) groups is 7. The van der Waals surface area contributed by atoms with Crippen LogP contribution >= 0.6 is 0 Å². The van der Waals surface area contributed by atoms with E-state index in [4.69, 9.17) is 5.11 Å². The number of carbonyl (C=O) groups excluding carboxylic acids is 5. The molecule has 1 fully saturated rings. The lowest BCUT2D eigenvalue weighted by molar-refractivity contribution is -0.143. The molecule has 1 aromatic heterocycles. The lowest BCUT2D eigenvalue weighted by atomic mass is 10.0. The van der Waals surface area contributed by atoms with Gasteiger partial charge in [-0.1, -0.05) is 69.9 Å². The number of carboxylic acid groups (broad SMARTS) is 2. The van der Waals surface area contributed by atoms with E-state index in [1.165, 1.54) is 17.4 Å². The number of imidazole rings is 1. The summed E-state index contributed by atoms with van der Waals surface area (Å²) in [5, 5.41) is 38.6. The Balaban J connectivity index is 1.73. The number of rotatable bonds is 26. The van der Waals surface area contributed by atoms with Gasteiger partial charge in [0.15, 0.2) is 0 Å². The SMILES string of the molecule is CC(=O)N1CCC[C@H]1C(=O)N[C@@H](CC(C)C)C(=O)N[C@@H](Cc1cncn1CCCCCCCCc1ccccc1)C(=O)N[C@@H](CO)C(=O)N[C@@H](CCC(=O)O)C(=O)O. The van der Waals surface area contributed by atoms with E-state index < -0.39 is 85.2 Å². The Labute approximate surface area is 339 Å². The quantitative estimate of drug-likeness (QED) is 0.0677. The molecular weight excluding hydrogens is 750 g/mol. The van der Waals surface area contributed by atoms with Crippen molar-refractivity contribution in [1.82, 2.24) is 35.7 Å². The van der Waals surface area contributed by atoms with Crippen molar-refractivity contribution in [1.29, 1.82) is 0 Å². The Morgan fingerprint density at radius 1 is 0.810 bits per heavy atom. The number of carboxylic acids is 2. The molecule has 58 heavy (non-hydrogen) atoms. The Morgan fingerprint density at radius 3 is 2.07 bits per heavy atom. The second-order valence-electron chi connectivity index (χ2n) is 15.3. The topological polar surface area (TPSA) is 249 Å². The molecule has 0 aliphatic carbocycles. The standard InChI is InChI=1S/C41H61N7O10/c1-27(2)22-32(45-40(56)35-17-13-21-48(35)28(3)50)37(53)44-33(38(54)46-34(25-49)39(55)43-31(41(57)58)18-19-36(51)52)23-30-24-42-26-47(30)20-12-7-5-4-6-9-14-29-15-10-8-11-16-29/h8,10-11,15-16,24,26-27,31-35,49H,4-7,9,12-14,17-23,25H2,1-3H3,(H,43,55)(H,44,53)(H,45,56)(H,46,54)(H,51,52)(H,57,58)/t31-,32-,33-,34-,35-/m0/s1. The van der Waals surface area contributed by atoms with Crippen molar-refractivity contribution in [3.8, 4) is 0 Å². The molecule has 1 aliphatic heterocycles. The van der Waals surface area contributed by atoms with Crippen LogP contribution in [0.5, 0.6) is 0 Å². The summed E-state index contributed by atoms with van der Waals surface area (Å²) in [5.74, 6) is -6.21. The summed E-state index contributed by atoms with van der Waals surface area (Å²) in [6.45, 7) is 5.19. The zero-order valence-electron chi connectivity index (χ0n) is 33.9. The van der Waals surface area contributed by atoms with Crippen LogP contribution in [-0.2, 0) is 52.9 Å². The van der Waals surface area contributed by atoms with Crippen LogP contribution < -0.4 is 21.3 Å². The zero-order chi connectivity index (χ0) is 42.6. The Kier molecular flexibility index (Phi) is 19.8. The number of aliphatic hydroxyl groups is 1. The van der Waals surface area contributed by atoms with Gasteiger partial charge >= 0.3 is 11.9 Å². The molecule has 1 saturated heterocycles. The molecule has 1 aromatic carbocycles. The molecule has 2 aromatic rings. The summed E-state index contributed by atoms with van der Waals surface area (Å²) in [6, 6.07) is 3.95. The fourth-order valence-electron chi connectivity index (χ4n) is 7.02. The summed E-state index contributed by atoms with van der Waals surface area (Å²) >= 11 is 0. The highest BCUT2D eigenvalue weighted by Gasteiger charge is 2.36. The van der Waals surface area contributed by atoms with Crippen LogP contribution in [0, 0.1) is 5.92 Å². The minimum Gasteiger partial charge on any atom is -0.481 e.